The van der Waals surface area contributed by atoms with E-state index in [1.54, 1.807) is 0 Å². The average molecular weight is 911 g/mol. The highest BCUT2D eigenvalue weighted by Crippen LogP contribution is 2.35. The van der Waals surface area contributed by atoms with Crippen molar-refractivity contribution in [3.63, 3.8) is 0 Å². The van der Waals surface area contributed by atoms with Crippen LogP contribution in [0.5, 0.6) is 0 Å². The summed E-state index contributed by atoms with van der Waals surface area (Å²) >= 11 is 0. The molecule has 0 atom stereocenters. The molecule has 0 amide bonds. The van der Waals surface area contributed by atoms with Crippen LogP contribution in [0.1, 0.15) is 27.8 Å². The maximum atomic E-state index is 2.30. The summed E-state index contributed by atoms with van der Waals surface area (Å²) in [5, 5.41) is 24.1. The van der Waals surface area contributed by atoms with Crippen molar-refractivity contribution in [3.8, 4) is 0 Å². The maximum absolute atomic E-state index is 2.30. The van der Waals surface area contributed by atoms with Gasteiger partial charge >= 0.3 is 0 Å². The van der Waals surface area contributed by atoms with Crippen molar-refractivity contribution in [1.82, 2.24) is 0 Å². The van der Waals surface area contributed by atoms with Crippen molar-refractivity contribution in [1.29, 1.82) is 0 Å². The lowest BCUT2D eigenvalue weighted by molar-refractivity contribution is 1.51. The highest BCUT2D eigenvalue weighted by molar-refractivity contribution is 6.25. The van der Waals surface area contributed by atoms with Crippen molar-refractivity contribution < 1.29 is 0 Å². The topological polar surface area (TPSA) is 0 Å². The van der Waals surface area contributed by atoms with Crippen LogP contribution < -0.4 is 0 Å². The van der Waals surface area contributed by atoms with Gasteiger partial charge in [-0.2, -0.15) is 0 Å². The van der Waals surface area contributed by atoms with Gasteiger partial charge in [0.05, 0.1) is 0 Å². The van der Waals surface area contributed by atoms with Crippen LogP contribution in [-0.4, -0.2) is 0 Å². The Hall–Kier alpha value is -8.58. The third kappa shape index (κ3) is 10.3. The van der Waals surface area contributed by atoms with Gasteiger partial charge in [-0.1, -0.05) is 283 Å². The van der Waals surface area contributed by atoms with Crippen LogP contribution in [0.2, 0.25) is 0 Å². The lowest BCUT2D eigenvalue weighted by Gasteiger charge is -2.10. The number of hydrogen-bond donors (Lipinski definition) is 0. The van der Waals surface area contributed by atoms with Crippen LogP contribution in [0.15, 0.2) is 261 Å². The number of fused-ring (bicyclic) bond motifs is 14. The van der Waals surface area contributed by atoms with Crippen LogP contribution in [0.4, 0.5) is 0 Å². The SMILES string of the molecule is Cc1ccc2c(ccc3ccccc32)c1.Cc1ccc2c3ccccc3c3ccccc3c2c1.Cc1ccc2ccc3ccccc3c2c1.Cc1ccc2ccccc2c1.Cc1cccc2ccccc12. The van der Waals surface area contributed by atoms with Crippen molar-refractivity contribution >= 4 is 97.0 Å². The Balaban J connectivity index is 0.000000104. The molecule has 0 spiro atoms. The quantitative estimate of drug-likeness (QED) is 0.133. The standard InChI is InChI=1S/C19H14.2C15H12.2C11H10/c1-13-10-11-18-16-8-3-2-6-14(16)15-7-4-5-9-17(15)19(18)12-13;1-11-6-9-15-13(10-11)8-7-12-4-2-3-5-14(12)15;1-11-6-7-13-9-8-12-4-2-3-5-14(12)15(13)10-11;1-9-5-4-7-10-6-2-3-8-11(9)10;1-9-6-7-10-4-2-3-5-11(10)8-9/h2-12H,1H3;2*2-10H,1H3;2*2-8H,1H3. The first-order valence-electron chi connectivity index (χ1n) is 24.7. The van der Waals surface area contributed by atoms with E-state index in [9.17, 15) is 0 Å². The minimum atomic E-state index is 1.31. The summed E-state index contributed by atoms with van der Waals surface area (Å²) in [6.45, 7) is 10.7. The van der Waals surface area contributed by atoms with Crippen molar-refractivity contribution in [2.24, 2.45) is 0 Å². The third-order valence-corrected chi connectivity index (χ3v) is 13.6. The second-order valence-electron chi connectivity index (χ2n) is 18.8. The summed E-state index contributed by atoms with van der Waals surface area (Å²) in [5.74, 6) is 0. The molecule has 0 aliphatic heterocycles. The molecular weight excluding hydrogens is 853 g/mol. The van der Waals surface area contributed by atoms with E-state index in [1.165, 1.54) is 125 Å². The van der Waals surface area contributed by atoms with E-state index in [4.69, 9.17) is 0 Å². The predicted octanol–water partition coefficient (Wildman–Crippen LogP) is 20.4. The lowest BCUT2D eigenvalue weighted by Crippen LogP contribution is -1.83. The van der Waals surface area contributed by atoms with Gasteiger partial charge in [-0.3, -0.25) is 0 Å². The van der Waals surface area contributed by atoms with Gasteiger partial charge in [0.15, 0.2) is 0 Å². The van der Waals surface area contributed by atoms with Gasteiger partial charge in [-0.25, -0.2) is 0 Å². The first-order chi connectivity index (χ1) is 34.8. The van der Waals surface area contributed by atoms with E-state index in [1.807, 2.05) is 0 Å². The molecule has 0 unspecified atom stereocenters. The second-order valence-corrected chi connectivity index (χ2v) is 18.8. The van der Waals surface area contributed by atoms with Crippen LogP contribution in [-0.2, 0) is 0 Å². The second kappa shape index (κ2) is 21.0. The zero-order valence-corrected chi connectivity index (χ0v) is 41.3. The van der Waals surface area contributed by atoms with Crippen LogP contribution in [0.3, 0.4) is 0 Å². The van der Waals surface area contributed by atoms with Crippen LogP contribution in [0, 0.1) is 34.6 Å². The van der Waals surface area contributed by atoms with Gasteiger partial charge in [-0.05, 0) is 137 Å². The molecule has 0 N–H and O–H groups in total. The smallest absolute Gasteiger partial charge is 0.00963 e. The summed E-state index contributed by atoms with van der Waals surface area (Å²) < 4.78 is 0. The molecule has 0 saturated carbocycles. The number of aryl methyl sites for hydroxylation is 5. The molecule has 0 heterocycles. The summed E-state index contributed by atoms with van der Waals surface area (Å²) in [5.41, 5.74) is 6.62. The molecule has 0 aliphatic carbocycles. The molecule has 0 heteroatoms. The molecule has 0 nitrogen and oxygen atoms in total. The molecule has 14 aromatic rings. The van der Waals surface area contributed by atoms with Gasteiger partial charge < -0.3 is 0 Å². The highest BCUT2D eigenvalue weighted by Gasteiger charge is 2.08. The van der Waals surface area contributed by atoms with Gasteiger partial charge in [0.25, 0.3) is 0 Å². The minimum absolute atomic E-state index is 1.31. The molecule has 0 aliphatic rings. The minimum Gasteiger partial charge on any atom is -0.0616 e. The molecule has 0 bridgehead atoms. The van der Waals surface area contributed by atoms with E-state index in [0.29, 0.717) is 0 Å². The highest BCUT2D eigenvalue weighted by atomic mass is 14.1. The summed E-state index contributed by atoms with van der Waals surface area (Å²) in [6, 6.07) is 93.0. The first-order valence-corrected chi connectivity index (χ1v) is 24.7. The lowest BCUT2D eigenvalue weighted by atomic mass is 9.93. The third-order valence-electron chi connectivity index (χ3n) is 13.6. The number of rotatable bonds is 0. The Morgan fingerprint density at radius 3 is 1.01 bits per heavy atom. The van der Waals surface area contributed by atoms with Gasteiger partial charge in [0.2, 0.25) is 0 Å². The Labute approximate surface area is 418 Å². The van der Waals surface area contributed by atoms with Gasteiger partial charge in [0.1, 0.15) is 0 Å². The molecule has 0 fully saturated rings. The zero-order chi connectivity index (χ0) is 48.7. The van der Waals surface area contributed by atoms with E-state index in [-0.39, 0.29) is 0 Å². The number of hydrogen-bond acceptors (Lipinski definition) is 0. The molecular formula is C71H58. The number of benzene rings is 14. The Bertz CT molecular complexity index is 4130. The van der Waals surface area contributed by atoms with Crippen LogP contribution in [0.25, 0.3) is 97.0 Å². The van der Waals surface area contributed by atoms with E-state index < -0.39 is 0 Å². The maximum Gasteiger partial charge on any atom is -0.00963 e. The molecule has 0 saturated heterocycles. The molecule has 14 aromatic carbocycles. The Morgan fingerprint density at radius 1 is 0.155 bits per heavy atom. The summed E-state index contributed by atoms with van der Waals surface area (Å²) in [6.07, 6.45) is 0. The fourth-order valence-corrected chi connectivity index (χ4v) is 9.97. The molecule has 14 rings (SSSR count). The van der Waals surface area contributed by atoms with Crippen molar-refractivity contribution in [2.45, 2.75) is 34.6 Å². The fourth-order valence-electron chi connectivity index (χ4n) is 9.97. The van der Waals surface area contributed by atoms with Gasteiger partial charge in [-0.15, -0.1) is 0 Å². The molecule has 342 valence electrons. The van der Waals surface area contributed by atoms with E-state index >= 15 is 0 Å². The average Bonchev–Trinajstić information content (AvgIpc) is 3.41. The first kappa shape index (κ1) is 46.2. The largest absolute Gasteiger partial charge is 0.0616 e. The monoisotopic (exact) mass is 910 g/mol. The predicted molar refractivity (Wildman–Crippen MR) is 313 cm³/mol. The Morgan fingerprint density at radius 2 is 0.451 bits per heavy atom. The molecule has 71 heavy (non-hydrogen) atoms. The van der Waals surface area contributed by atoms with Crippen molar-refractivity contribution in [3.05, 3.63) is 289 Å². The van der Waals surface area contributed by atoms with Crippen molar-refractivity contribution in [2.75, 3.05) is 0 Å². The van der Waals surface area contributed by atoms with E-state index in [2.05, 4.69) is 295 Å². The molecule has 0 radical (unpaired) electrons. The Kier molecular flexibility index (Phi) is 13.6. The zero-order valence-electron chi connectivity index (χ0n) is 41.3. The fraction of sp³-hybridized carbons (Fsp3) is 0.0704. The summed E-state index contributed by atoms with van der Waals surface area (Å²) in [4.78, 5) is 0. The molecule has 0 aromatic heterocycles. The van der Waals surface area contributed by atoms with E-state index in [0.717, 1.165) is 0 Å². The normalized spacial score (nSPS) is 10.9. The van der Waals surface area contributed by atoms with Gasteiger partial charge in [0, 0.05) is 0 Å². The van der Waals surface area contributed by atoms with Crippen LogP contribution >= 0.6 is 0 Å². The summed E-state index contributed by atoms with van der Waals surface area (Å²) in [7, 11) is 0.